The summed E-state index contributed by atoms with van der Waals surface area (Å²) >= 11 is 0. The molecule has 4 rings (SSSR count). The summed E-state index contributed by atoms with van der Waals surface area (Å²) in [6.45, 7) is 0. The van der Waals surface area contributed by atoms with Crippen LogP contribution in [0.2, 0.25) is 0 Å². The van der Waals surface area contributed by atoms with E-state index in [-0.39, 0.29) is 24.0 Å². The molecule has 0 radical (unpaired) electrons. The summed E-state index contributed by atoms with van der Waals surface area (Å²) in [5.41, 5.74) is 1.16. The van der Waals surface area contributed by atoms with Gasteiger partial charge in [0.1, 0.15) is 17.2 Å². The van der Waals surface area contributed by atoms with Gasteiger partial charge in [0.25, 0.3) is 0 Å². The van der Waals surface area contributed by atoms with Gasteiger partial charge in [-0.1, -0.05) is 91.0 Å². The summed E-state index contributed by atoms with van der Waals surface area (Å²) in [5.74, 6) is -1.04. The summed E-state index contributed by atoms with van der Waals surface area (Å²) in [5, 5.41) is 3.03. The van der Waals surface area contributed by atoms with Crippen molar-refractivity contribution < 1.29 is 19.1 Å². The fourth-order valence-electron chi connectivity index (χ4n) is 5.05. The lowest BCUT2D eigenvalue weighted by Crippen LogP contribution is -2.55. The Labute approximate surface area is 200 Å². The number of methoxy groups -OCH3 is 1. The first kappa shape index (κ1) is 23.4. The fraction of sp³-hybridized carbons (Fsp3) is 0.276. The SMILES string of the molecule is COC(=O)[C@H](NC(=O)C(c1ccccc1)(c1ccccc1)c1ccccc1)[C@H]1CCCC(=O)C1. The first-order chi connectivity index (χ1) is 16.6. The smallest absolute Gasteiger partial charge is 0.328 e. The average molecular weight is 456 g/mol. The van der Waals surface area contributed by atoms with Crippen molar-refractivity contribution in [3.8, 4) is 0 Å². The normalized spacial score (nSPS) is 17.0. The van der Waals surface area contributed by atoms with Gasteiger partial charge >= 0.3 is 5.97 Å². The van der Waals surface area contributed by atoms with Crippen LogP contribution in [0, 0.1) is 5.92 Å². The number of amides is 1. The zero-order valence-electron chi connectivity index (χ0n) is 19.3. The van der Waals surface area contributed by atoms with Crippen LogP contribution in [0.5, 0.6) is 0 Å². The van der Waals surface area contributed by atoms with E-state index in [1.165, 1.54) is 7.11 Å². The van der Waals surface area contributed by atoms with E-state index in [1.807, 2.05) is 91.0 Å². The minimum absolute atomic E-state index is 0.111. The molecule has 1 aliphatic carbocycles. The zero-order valence-corrected chi connectivity index (χ0v) is 19.3. The van der Waals surface area contributed by atoms with E-state index in [2.05, 4.69) is 5.32 Å². The van der Waals surface area contributed by atoms with Crippen LogP contribution >= 0.6 is 0 Å². The molecule has 0 aromatic heterocycles. The maximum Gasteiger partial charge on any atom is 0.328 e. The van der Waals surface area contributed by atoms with Gasteiger partial charge in [0.05, 0.1) is 7.11 Å². The number of hydrogen-bond donors (Lipinski definition) is 1. The summed E-state index contributed by atoms with van der Waals surface area (Å²) < 4.78 is 5.07. The highest BCUT2D eigenvalue weighted by molar-refractivity contribution is 5.98. The number of hydrogen-bond acceptors (Lipinski definition) is 4. The number of esters is 1. The lowest BCUT2D eigenvalue weighted by molar-refractivity contribution is -0.148. The van der Waals surface area contributed by atoms with Crippen LogP contribution in [0.25, 0.3) is 0 Å². The van der Waals surface area contributed by atoms with Gasteiger partial charge < -0.3 is 10.1 Å². The van der Waals surface area contributed by atoms with Crippen molar-refractivity contribution in [3.05, 3.63) is 108 Å². The average Bonchev–Trinajstić information content (AvgIpc) is 2.89. The van der Waals surface area contributed by atoms with Crippen LogP contribution in [0.15, 0.2) is 91.0 Å². The molecule has 0 heterocycles. The predicted octanol–water partition coefficient (Wildman–Crippen LogP) is 4.44. The Bertz CT molecular complexity index is 1030. The van der Waals surface area contributed by atoms with Crippen molar-refractivity contribution in [2.75, 3.05) is 7.11 Å². The maximum atomic E-state index is 14.4. The number of nitrogens with one attached hydrogen (secondary N) is 1. The summed E-state index contributed by atoms with van der Waals surface area (Å²) in [6, 6.07) is 27.8. The van der Waals surface area contributed by atoms with Gasteiger partial charge in [0, 0.05) is 12.8 Å². The number of carbonyl (C=O) groups is 3. The highest BCUT2D eigenvalue weighted by Gasteiger charge is 2.46. The molecule has 2 atom stereocenters. The molecule has 3 aromatic carbocycles. The molecule has 0 unspecified atom stereocenters. The molecule has 174 valence electrons. The van der Waals surface area contributed by atoms with E-state index in [4.69, 9.17) is 4.74 Å². The Morgan fingerprint density at radius 3 is 1.74 bits per heavy atom. The minimum Gasteiger partial charge on any atom is -0.467 e. The zero-order chi connectivity index (χ0) is 24.0. The van der Waals surface area contributed by atoms with Crippen LogP contribution in [-0.4, -0.2) is 30.8 Å². The molecular formula is C29H29NO4. The van der Waals surface area contributed by atoms with Crippen molar-refractivity contribution in [2.24, 2.45) is 5.92 Å². The fourth-order valence-corrected chi connectivity index (χ4v) is 5.05. The van der Waals surface area contributed by atoms with Crippen LogP contribution in [0.3, 0.4) is 0 Å². The first-order valence-electron chi connectivity index (χ1n) is 11.6. The molecule has 34 heavy (non-hydrogen) atoms. The van der Waals surface area contributed by atoms with Crippen LogP contribution in [-0.2, 0) is 24.5 Å². The predicted molar refractivity (Wildman–Crippen MR) is 130 cm³/mol. The summed E-state index contributed by atoms with van der Waals surface area (Å²) in [4.78, 5) is 39.4. The summed E-state index contributed by atoms with van der Waals surface area (Å²) in [7, 11) is 1.31. The third-order valence-electron chi connectivity index (χ3n) is 6.69. The van der Waals surface area contributed by atoms with Crippen LogP contribution in [0.4, 0.5) is 0 Å². The number of rotatable bonds is 7. The number of benzene rings is 3. The Morgan fingerprint density at radius 1 is 0.853 bits per heavy atom. The molecule has 5 heteroatoms. The number of ether oxygens (including phenoxy) is 1. The highest BCUT2D eigenvalue weighted by Crippen LogP contribution is 2.40. The van der Waals surface area contributed by atoms with Gasteiger partial charge in [-0.15, -0.1) is 0 Å². The van der Waals surface area contributed by atoms with Gasteiger partial charge in [-0.05, 0) is 35.4 Å². The maximum absolute atomic E-state index is 14.4. The first-order valence-corrected chi connectivity index (χ1v) is 11.6. The van der Waals surface area contributed by atoms with Gasteiger partial charge in [-0.3, -0.25) is 9.59 Å². The van der Waals surface area contributed by atoms with Crippen LogP contribution < -0.4 is 5.32 Å². The van der Waals surface area contributed by atoms with Crippen molar-refractivity contribution in [1.29, 1.82) is 0 Å². The lowest BCUT2D eigenvalue weighted by Gasteiger charge is -2.37. The van der Waals surface area contributed by atoms with Crippen LogP contribution in [0.1, 0.15) is 42.4 Å². The minimum atomic E-state index is -1.20. The molecule has 0 aliphatic heterocycles. The monoisotopic (exact) mass is 455 g/mol. The molecule has 1 N–H and O–H groups in total. The Kier molecular flexibility index (Phi) is 7.21. The number of Topliss-reactive ketones (excluding diaryl/α,β-unsaturated/α-hetero) is 1. The van der Waals surface area contributed by atoms with Crippen molar-refractivity contribution in [1.82, 2.24) is 5.32 Å². The van der Waals surface area contributed by atoms with E-state index in [0.717, 1.165) is 16.7 Å². The number of ketones is 1. The molecule has 1 amide bonds. The molecule has 5 nitrogen and oxygen atoms in total. The van der Waals surface area contributed by atoms with E-state index < -0.39 is 17.4 Å². The third-order valence-corrected chi connectivity index (χ3v) is 6.69. The second-order valence-electron chi connectivity index (χ2n) is 8.72. The van der Waals surface area contributed by atoms with Gasteiger partial charge in [-0.2, -0.15) is 0 Å². The van der Waals surface area contributed by atoms with Crippen molar-refractivity contribution in [2.45, 2.75) is 37.1 Å². The molecule has 1 fully saturated rings. The topological polar surface area (TPSA) is 72.5 Å². The molecule has 1 saturated carbocycles. The summed E-state index contributed by atoms with van der Waals surface area (Å²) in [6.07, 6.45) is 2.16. The molecule has 3 aromatic rings. The van der Waals surface area contributed by atoms with Gasteiger partial charge in [0.2, 0.25) is 5.91 Å². The second-order valence-corrected chi connectivity index (χ2v) is 8.72. The molecule has 1 aliphatic rings. The Morgan fingerprint density at radius 2 is 1.32 bits per heavy atom. The molecule has 0 spiro atoms. The number of carbonyl (C=O) groups excluding carboxylic acids is 3. The van der Waals surface area contributed by atoms with E-state index in [9.17, 15) is 14.4 Å². The quantitative estimate of drug-likeness (QED) is 0.422. The molecule has 0 saturated heterocycles. The van der Waals surface area contributed by atoms with E-state index in [1.54, 1.807) is 0 Å². The second kappa shape index (κ2) is 10.5. The van der Waals surface area contributed by atoms with E-state index in [0.29, 0.717) is 19.3 Å². The highest BCUT2D eigenvalue weighted by atomic mass is 16.5. The standard InChI is InChI=1S/C29H29NO4/c1-34-27(32)26(21-12-11-19-25(31)20-21)30-28(33)29(22-13-5-2-6-14-22,23-15-7-3-8-16-23)24-17-9-4-10-18-24/h2-10,13-18,21,26H,11-12,19-20H2,1H3,(H,30,33)/t21-,26+/m0/s1. The Hall–Kier alpha value is -3.73. The lowest BCUT2D eigenvalue weighted by atomic mass is 9.68. The molecule has 0 bridgehead atoms. The Balaban J connectivity index is 1.86. The van der Waals surface area contributed by atoms with Crippen molar-refractivity contribution in [3.63, 3.8) is 0 Å². The van der Waals surface area contributed by atoms with E-state index >= 15 is 0 Å². The van der Waals surface area contributed by atoms with Crippen molar-refractivity contribution >= 4 is 17.7 Å². The van der Waals surface area contributed by atoms with Gasteiger partial charge in [0.15, 0.2) is 0 Å². The van der Waals surface area contributed by atoms with Gasteiger partial charge in [-0.25, -0.2) is 4.79 Å². The molecular weight excluding hydrogens is 426 g/mol. The third kappa shape index (κ3) is 4.51. The largest absolute Gasteiger partial charge is 0.467 e.